The third-order valence-corrected chi connectivity index (χ3v) is 4.27. The SMILES string of the molecule is CC(C)(C)c1ccc(OCCOc2ccc(Cl)cc2/C=N/n2cnnc2)cc1. The van der Waals surface area contributed by atoms with Gasteiger partial charge >= 0.3 is 0 Å². The minimum atomic E-state index is 0.126. The molecule has 0 atom stereocenters. The van der Waals surface area contributed by atoms with Crippen molar-refractivity contribution in [3.63, 3.8) is 0 Å². The molecule has 146 valence electrons. The highest BCUT2D eigenvalue weighted by molar-refractivity contribution is 6.30. The Morgan fingerprint density at radius 2 is 1.68 bits per heavy atom. The number of ether oxygens (including phenoxy) is 2. The van der Waals surface area contributed by atoms with E-state index in [1.807, 2.05) is 18.2 Å². The molecule has 0 aliphatic rings. The summed E-state index contributed by atoms with van der Waals surface area (Å²) in [6, 6.07) is 13.5. The lowest BCUT2D eigenvalue weighted by Crippen LogP contribution is -2.12. The van der Waals surface area contributed by atoms with Crippen LogP contribution in [0, 0.1) is 0 Å². The topological polar surface area (TPSA) is 61.5 Å². The molecule has 6 nitrogen and oxygen atoms in total. The normalized spacial score (nSPS) is 11.7. The number of halogens is 1. The summed E-state index contributed by atoms with van der Waals surface area (Å²) in [6.45, 7) is 7.39. The van der Waals surface area contributed by atoms with Crippen molar-refractivity contribution < 1.29 is 9.47 Å². The van der Waals surface area contributed by atoms with Crippen LogP contribution in [0.2, 0.25) is 5.02 Å². The number of benzene rings is 2. The van der Waals surface area contributed by atoms with Crippen molar-refractivity contribution in [1.29, 1.82) is 0 Å². The van der Waals surface area contributed by atoms with Crippen LogP contribution < -0.4 is 9.47 Å². The second-order valence-corrected chi connectivity index (χ2v) is 7.68. The third-order valence-electron chi connectivity index (χ3n) is 4.04. The average molecular weight is 399 g/mol. The van der Waals surface area contributed by atoms with Gasteiger partial charge in [-0.15, -0.1) is 10.2 Å². The molecule has 0 aliphatic carbocycles. The summed E-state index contributed by atoms with van der Waals surface area (Å²) in [6.07, 6.45) is 4.65. The first kappa shape index (κ1) is 19.9. The van der Waals surface area contributed by atoms with E-state index in [0.717, 1.165) is 11.3 Å². The lowest BCUT2D eigenvalue weighted by molar-refractivity contribution is 0.217. The molecule has 3 rings (SSSR count). The highest BCUT2D eigenvalue weighted by Gasteiger charge is 2.13. The van der Waals surface area contributed by atoms with Crippen molar-refractivity contribution in [2.24, 2.45) is 5.10 Å². The molecule has 1 heterocycles. The van der Waals surface area contributed by atoms with Crippen LogP contribution in [0.1, 0.15) is 31.9 Å². The van der Waals surface area contributed by atoms with Gasteiger partial charge in [0, 0.05) is 10.6 Å². The Labute approximate surface area is 169 Å². The zero-order valence-corrected chi connectivity index (χ0v) is 16.9. The van der Waals surface area contributed by atoms with Crippen molar-refractivity contribution in [3.05, 3.63) is 71.3 Å². The van der Waals surface area contributed by atoms with Gasteiger partial charge in [0.2, 0.25) is 0 Å². The van der Waals surface area contributed by atoms with Crippen LogP contribution in [0.3, 0.4) is 0 Å². The second-order valence-electron chi connectivity index (χ2n) is 7.24. The van der Waals surface area contributed by atoms with E-state index < -0.39 is 0 Å². The van der Waals surface area contributed by atoms with Crippen LogP contribution in [-0.2, 0) is 5.41 Å². The van der Waals surface area contributed by atoms with Crippen molar-refractivity contribution >= 4 is 17.8 Å². The molecule has 0 N–H and O–H groups in total. The van der Waals surface area contributed by atoms with Crippen molar-refractivity contribution in [1.82, 2.24) is 14.9 Å². The van der Waals surface area contributed by atoms with Gasteiger partial charge < -0.3 is 9.47 Å². The molecule has 0 saturated carbocycles. The van der Waals surface area contributed by atoms with Gasteiger partial charge in [0.1, 0.15) is 37.4 Å². The minimum Gasteiger partial charge on any atom is -0.490 e. The molecule has 0 bridgehead atoms. The summed E-state index contributed by atoms with van der Waals surface area (Å²) in [5.41, 5.74) is 2.16. The summed E-state index contributed by atoms with van der Waals surface area (Å²) < 4.78 is 13.1. The van der Waals surface area contributed by atoms with Gasteiger partial charge in [-0.2, -0.15) is 5.10 Å². The average Bonchev–Trinajstić information content (AvgIpc) is 3.18. The van der Waals surface area contributed by atoms with Crippen LogP contribution in [0.4, 0.5) is 0 Å². The molecule has 0 fully saturated rings. The molecule has 7 heteroatoms. The Morgan fingerprint density at radius 1 is 1.00 bits per heavy atom. The van der Waals surface area contributed by atoms with E-state index in [0.29, 0.717) is 24.0 Å². The molecule has 0 aliphatic heterocycles. The minimum absolute atomic E-state index is 0.126. The van der Waals surface area contributed by atoms with E-state index in [2.05, 4.69) is 48.2 Å². The highest BCUT2D eigenvalue weighted by Crippen LogP contribution is 2.24. The van der Waals surface area contributed by atoms with E-state index >= 15 is 0 Å². The molecule has 0 unspecified atom stereocenters. The number of hydrogen-bond donors (Lipinski definition) is 0. The smallest absolute Gasteiger partial charge is 0.141 e. The van der Waals surface area contributed by atoms with Gasteiger partial charge in [-0.25, -0.2) is 4.68 Å². The Kier molecular flexibility index (Phi) is 6.31. The summed E-state index contributed by atoms with van der Waals surface area (Å²) in [4.78, 5) is 0. The number of nitrogens with zero attached hydrogens (tertiary/aromatic N) is 4. The Balaban J connectivity index is 1.56. The fraction of sp³-hybridized carbons (Fsp3) is 0.286. The molecule has 3 aromatic rings. The Morgan fingerprint density at radius 3 is 2.36 bits per heavy atom. The third kappa shape index (κ3) is 5.57. The maximum atomic E-state index is 6.09. The predicted octanol–water partition coefficient (Wildman–Crippen LogP) is 4.57. The number of aromatic nitrogens is 3. The first-order valence-electron chi connectivity index (χ1n) is 8.96. The monoisotopic (exact) mass is 398 g/mol. The van der Waals surface area contributed by atoms with Gasteiger partial charge in [-0.3, -0.25) is 0 Å². The van der Waals surface area contributed by atoms with Crippen LogP contribution in [0.25, 0.3) is 0 Å². The largest absolute Gasteiger partial charge is 0.490 e. The molecule has 0 radical (unpaired) electrons. The van der Waals surface area contributed by atoms with Crippen LogP contribution in [0.15, 0.2) is 60.2 Å². The molecule has 1 aromatic heterocycles. The standard InChI is InChI=1S/C21H23ClN4O2/c1-21(2,3)17-4-7-19(8-5-17)27-10-11-28-20-9-6-18(22)12-16(20)13-25-26-14-23-24-15-26/h4-9,12-15H,10-11H2,1-3H3/b25-13+. The first-order valence-corrected chi connectivity index (χ1v) is 9.34. The molecule has 0 spiro atoms. The number of rotatable bonds is 7. The molecular weight excluding hydrogens is 376 g/mol. The van der Waals surface area contributed by atoms with Gasteiger partial charge in [-0.05, 0) is 41.3 Å². The maximum absolute atomic E-state index is 6.09. The molecule has 0 saturated heterocycles. The van der Waals surface area contributed by atoms with Crippen molar-refractivity contribution in [2.45, 2.75) is 26.2 Å². The predicted molar refractivity (Wildman–Crippen MR) is 111 cm³/mol. The molecule has 28 heavy (non-hydrogen) atoms. The van der Waals surface area contributed by atoms with Gasteiger partial charge in [0.05, 0.1) is 6.21 Å². The highest BCUT2D eigenvalue weighted by atomic mass is 35.5. The summed E-state index contributed by atoms with van der Waals surface area (Å²) in [5.74, 6) is 1.50. The van der Waals surface area contributed by atoms with Crippen molar-refractivity contribution in [3.8, 4) is 11.5 Å². The fourth-order valence-electron chi connectivity index (χ4n) is 2.50. The zero-order valence-electron chi connectivity index (χ0n) is 16.2. The van der Waals surface area contributed by atoms with Gasteiger partial charge in [-0.1, -0.05) is 44.5 Å². The molecular formula is C21H23ClN4O2. The lowest BCUT2D eigenvalue weighted by Gasteiger charge is -2.19. The molecule has 2 aromatic carbocycles. The van der Waals surface area contributed by atoms with Gasteiger partial charge in [0.25, 0.3) is 0 Å². The van der Waals surface area contributed by atoms with Crippen LogP contribution >= 0.6 is 11.6 Å². The Hall–Kier alpha value is -2.86. The van der Waals surface area contributed by atoms with Crippen LogP contribution in [-0.4, -0.2) is 34.3 Å². The first-order chi connectivity index (χ1) is 13.4. The number of hydrogen-bond acceptors (Lipinski definition) is 5. The second kappa shape index (κ2) is 8.89. The Bertz CT molecular complexity index is 917. The maximum Gasteiger partial charge on any atom is 0.141 e. The van der Waals surface area contributed by atoms with Crippen molar-refractivity contribution in [2.75, 3.05) is 13.2 Å². The van der Waals surface area contributed by atoms with E-state index in [-0.39, 0.29) is 5.41 Å². The summed E-state index contributed by atoms with van der Waals surface area (Å²) in [5, 5.41) is 12.3. The summed E-state index contributed by atoms with van der Waals surface area (Å²) in [7, 11) is 0. The fourth-order valence-corrected chi connectivity index (χ4v) is 2.68. The van der Waals surface area contributed by atoms with E-state index in [1.165, 1.54) is 22.9 Å². The van der Waals surface area contributed by atoms with E-state index in [9.17, 15) is 0 Å². The van der Waals surface area contributed by atoms with Crippen LogP contribution in [0.5, 0.6) is 11.5 Å². The lowest BCUT2D eigenvalue weighted by atomic mass is 9.87. The molecule has 0 amide bonds. The zero-order chi connectivity index (χ0) is 20.0. The van der Waals surface area contributed by atoms with Gasteiger partial charge in [0.15, 0.2) is 0 Å². The summed E-state index contributed by atoms with van der Waals surface area (Å²) >= 11 is 6.09. The van der Waals surface area contributed by atoms with E-state index in [4.69, 9.17) is 21.1 Å². The quantitative estimate of drug-likeness (QED) is 0.432. The van der Waals surface area contributed by atoms with E-state index in [1.54, 1.807) is 18.3 Å².